The molecule has 76 valence electrons. The van der Waals surface area contributed by atoms with E-state index in [0.29, 0.717) is 0 Å². The SMILES string of the molecule is [2H]c1c([2H])c([2H])c([As](=O)(O)c2c([2H])c([2H])c([2H])c([2H])c2[2H])c([2H])c1[2H]. The summed E-state index contributed by atoms with van der Waals surface area (Å²) in [7, 11) is 0. The summed E-state index contributed by atoms with van der Waals surface area (Å²) >= 11 is -5.88. The molecule has 2 nitrogen and oxygen atoms in total. The first-order chi connectivity index (χ1) is 11.4. The van der Waals surface area contributed by atoms with Crippen molar-refractivity contribution in [3.05, 3.63) is 60.4 Å². The maximum atomic E-state index is 13.0. The molecule has 0 spiro atoms. The summed E-state index contributed by atoms with van der Waals surface area (Å²) < 4.78 is 98.1. The summed E-state index contributed by atoms with van der Waals surface area (Å²) in [6.07, 6.45) is 0. The van der Waals surface area contributed by atoms with Crippen LogP contribution in [0, 0.1) is 0 Å². The van der Waals surface area contributed by atoms with Gasteiger partial charge in [0.2, 0.25) is 0 Å². The van der Waals surface area contributed by atoms with Gasteiger partial charge in [0, 0.05) is 0 Å². The summed E-state index contributed by atoms with van der Waals surface area (Å²) in [5.74, 6) is 0. The van der Waals surface area contributed by atoms with Crippen LogP contribution in [0.1, 0.15) is 13.7 Å². The zero-order valence-corrected chi connectivity index (χ0v) is 9.18. The molecule has 0 saturated heterocycles. The summed E-state index contributed by atoms with van der Waals surface area (Å²) in [5.41, 5.74) is 0. The molecule has 0 heterocycles. The molecule has 2 aromatic rings. The van der Waals surface area contributed by atoms with Crippen LogP contribution in [0.3, 0.4) is 0 Å². The third-order valence-corrected chi connectivity index (χ3v) is 5.06. The minimum absolute atomic E-state index is 0.768. The summed E-state index contributed by atoms with van der Waals surface area (Å²) in [6.45, 7) is 0. The van der Waals surface area contributed by atoms with Crippen LogP contribution in [0.4, 0.5) is 0 Å². The van der Waals surface area contributed by atoms with Crippen molar-refractivity contribution in [2.45, 2.75) is 0 Å². The second-order valence-electron chi connectivity index (χ2n) is 2.52. The monoisotopic (exact) mass is 272 g/mol. The van der Waals surface area contributed by atoms with Crippen LogP contribution < -0.4 is 8.70 Å². The predicted octanol–water partition coefficient (Wildman–Crippen LogP) is 0.666. The van der Waals surface area contributed by atoms with Crippen LogP contribution in [0.5, 0.6) is 0 Å². The molecule has 0 fully saturated rings. The Balaban J connectivity index is 2.99. The Hall–Kier alpha value is -1.24. The molecule has 0 bridgehead atoms. The van der Waals surface area contributed by atoms with E-state index in [1.807, 2.05) is 0 Å². The van der Waals surface area contributed by atoms with Crippen LogP contribution in [0.15, 0.2) is 60.4 Å². The van der Waals surface area contributed by atoms with Gasteiger partial charge in [0.15, 0.2) is 0 Å². The van der Waals surface area contributed by atoms with Gasteiger partial charge in [-0.15, -0.1) is 0 Å². The molecular formula is C12H11AsO2. The van der Waals surface area contributed by atoms with Gasteiger partial charge in [0.1, 0.15) is 0 Å². The van der Waals surface area contributed by atoms with E-state index in [2.05, 4.69) is 0 Å². The van der Waals surface area contributed by atoms with Gasteiger partial charge in [-0.1, -0.05) is 0 Å². The molecule has 3 heteroatoms. The van der Waals surface area contributed by atoms with Crippen LogP contribution in [-0.4, -0.2) is 17.9 Å². The first kappa shape index (κ1) is 3.65. The molecule has 0 aliphatic heterocycles. The Morgan fingerprint density at radius 1 is 0.867 bits per heavy atom. The van der Waals surface area contributed by atoms with Gasteiger partial charge in [-0.25, -0.2) is 0 Å². The van der Waals surface area contributed by atoms with Gasteiger partial charge in [-0.05, 0) is 0 Å². The van der Waals surface area contributed by atoms with E-state index in [1.54, 1.807) is 0 Å². The van der Waals surface area contributed by atoms with Crippen LogP contribution in [0.25, 0.3) is 0 Å². The molecule has 2 aromatic carbocycles. The Morgan fingerprint density at radius 3 is 1.53 bits per heavy atom. The van der Waals surface area contributed by atoms with Crippen molar-refractivity contribution in [2.75, 3.05) is 0 Å². The molecule has 0 aliphatic carbocycles. The maximum absolute atomic E-state index is 13.0. The quantitative estimate of drug-likeness (QED) is 0.816. The fraction of sp³-hybridized carbons (Fsp3) is 0. The van der Waals surface area contributed by atoms with Gasteiger partial charge in [-0.2, -0.15) is 0 Å². The van der Waals surface area contributed by atoms with Crippen LogP contribution in [-0.2, 0) is 3.74 Å². The van der Waals surface area contributed by atoms with E-state index in [1.165, 1.54) is 0 Å². The molecule has 0 saturated carbocycles. The van der Waals surface area contributed by atoms with Crippen LogP contribution >= 0.6 is 0 Å². The second-order valence-corrected chi connectivity index (χ2v) is 6.82. The summed E-state index contributed by atoms with van der Waals surface area (Å²) in [5, 5.41) is 0. The van der Waals surface area contributed by atoms with Crippen molar-refractivity contribution in [3.63, 3.8) is 0 Å². The summed E-state index contributed by atoms with van der Waals surface area (Å²) in [4.78, 5) is 0. The average molecular weight is 272 g/mol. The molecule has 0 unspecified atom stereocenters. The van der Waals surface area contributed by atoms with Gasteiger partial charge in [0.05, 0.1) is 0 Å². The van der Waals surface area contributed by atoms with E-state index >= 15 is 0 Å². The molecule has 0 radical (unpaired) electrons. The van der Waals surface area contributed by atoms with Crippen molar-refractivity contribution in [3.8, 4) is 0 Å². The van der Waals surface area contributed by atoms with E-state index < -0.39 is 83.0 Å². The van der Waals surface area contributed by atoms with Crippen molar-refractivity contribution in [2.24, 2.45) is 0 Å². The number of hydrogen-bond acceptors (Lipinski definition) is 1. The number of benzene rings is 2. The van der Waals surface area contributed by atoms with E-state index in [0.717, 1.165) is 0 Å². The summed E-state index contributed by atoms with van der Waals surface area (Å²) in [6, 6.07) is -8.70. The molecule has 2 rings (SSSR count). The third-order valence-electron chi connectivity index (χ3n) is 1.58. The number of rotatable bonds is 2. The Labute approximate surface area is 105 Å². The van der Waals surface area contributed by atoms with Crippen molar-refractivity contribution in [1.82, 2.24) is 0 Å². The predicted molar refractivity (Wildman–Crippen MR) is 60.8 cm³/mol. The first-order valence-electron chi connectivity index (χ1n) is 8.83. The Kier molecular flexibility index (Phi) is 0.997. The van der Waals surface area contributed by atoms with Crippen molar-refractivity contribution >= 4 is 22.5 Å². The molecule has 0 aromatic heterocycles. The standard InChI is InChI=1S/C12H11AsO2/c14-13(15,11-7-3-1-4-8-11)12-9-5-2-6-10-12/h1-10H,(H,14,15)/i1D,2D,3D,4D,5D,6D,7D,8D,9D,10D. The molecule has 0 atom stereocenters. The Morgan fingerprint density at radius 2 is 1.20 bits per heavy atom. The van der Waals surface area contributed by atoms with E-state index in [9.17, 15) is 7.84 Å². The average Bonchev–Trinajstić information content (AvgIpc) is 2.54. The molecule has 0 aliphatic rings. The van der Waals surface area contributed by atoms with E-state index in [4.69, 9.17) is 13.7 Å². The zero-order chi connectivity index (χ0) is 19.4. The third kappa shape index (κ3) is 2.06. The van der Waals surface area contributed by atoms with Gasteiger partial charge in [0.25, 0.3) is 0 Å². The Bertz CT molecular complexity index is 826. The van der Waals surface area contributed by atoms with Gasteiger partial charge in [-0.3, -0.25) is 0 Å². The topological polar surface area (TPSA) is 37.3 Å². The van der Waals surface area contributed by atoms with E-state index in [-0.39, 0.29) is 0 Å². The zero-order valence-electron chi connectivity index (χ0n) is 17.3. The molecule has 15 heavy (non-hydrogen) atoms. The second kappa shape index (κ2) is 4.09. The number of hydrogen-bond donors (Lipinski definition) is 1. The molecule has 1 N–H and O–H groups in total. The molecular weight excluding hydrogens is 251 g/mol. The van der Waals surface area contributed by atoms with Gasteiger partial charge >= 0.3 is 105 Å². The molecule has 0 amide bonds. The van der Waals surface area contributed by atoms with Crippen molar-refractivity contribution < 1.29 is 21.5 Å². The normalized spacial score (nSPS) is 20.6. The van der Waals surface area contributed by atoms with Crippen LogP contribution in [0.2, 0.25) is 0 Å². The van der Waals surface area contributed by atoms with Crippen molar-refractivity contribution in [1.29, 1.82) is 0 Å². The minimum atomic E-state index is -5.88. The fourth-order valence-corrected chi connectivity index (χ4v) is 3.11. The fourth-order valence-electron chi connectivity index (χ4n) is 0.902. The van der Waals surface area contributed by atoms with Gasteiger partial charge < -0.3 is 0 Å². The first-order valence-corrected chi connectivity index (χ1v) is 7.31.